The molecule has 1 saturated heterocycles. The molecule has 1 aliphatic heterocycles. The average Bonchev–Trinajstić information content (AvgIpc) is 3.06. The maximum absolute atomic E-state index is 12.3. The van der Waals surface area contributed by atoms with Crippen LogP contribution in [0.1, 0.15) is 31.2 Å². The van der Waals surface area contributed by atoms with Gasteiger partial charge in [0.25, 0.3) is 0 Å². The smallest absolute Gasteiger partial charge is 0.307 e. The molecule has 25 heavy (non-hydrogen) atoms. The lowest BCUT2D eigenvalue weighted by Gasteiger charge is -2.24. The van der Waals surface area contributed by atoms with Crippen molar-refractivity contribution >= 4 is 23.5 Å². The largest absolute Gasteiger partial charge is 0.481 e. The van der Waals surface area contributed by atoms with E-state index >= 15 is 0 Å². The molecule has 0 aromatic heterocycles. The van der Waals surface area contributed by atoms with Crippen molar-refractivity contribution in [3.05, 3.63) is 42.0 Å². The van der Waals surface area contributed by atoms with E-state index in [2.05, 4.69) is 5.32 Å². The van der Waals surface area contributed by atoms with Gasteiger partial charge in [0.1, 0.15) is 0 Å². The second kappa shape index (κ2) is 7.51. The fourth-order valence-corrected chi connectivity index (χ4v) is 3.41. The number of nitrogens with one attached hydrogen (secondary N) is 1. The number of hydrogen-bond donors (Lipinski definition) is 2. The topological polar surface area (TPSA) is 86.7 Å². The summed E-state index contributed by atoms with van der Waals surface area (Å²) in [5.41, 5.74) is 1.79. The molecular weight excluding hydrogens is 320 g/mol. The Morgan fingerprint density at radius 2 is 1.80 bits per heavy atom. The van der Waals surface area contributed by atoms with Crippen molar-refractivity contribution in [1.82, 2.24) is 5.32 Å². The number of amides is 2. The quantitative estimate of drug-likeness (QED) is 0.802. The van der Waals surface area contributed by atoms with Gasteiger partial charge in [0.15, 0.2) is 0 Å². The molecule has 0 unspecified atom stereocenters. The molecule has 1 aromatic carbocycles. The first-order valence-electron chi connectivity index (χ1n) is 8.61. The van der Waals surface area contributed by atoms with Crippen molar-refractivity contribution in [2.75, 3.05) is 11.4 Å². The molecule has 2 atom stereocenters. The summed E-state index contributed by atoms with van der Waals surface area (Å²) in [5.74, 6) is -2.19. The number of allylic oxidation sites excluding steroid dienone is 2. The van der Waals surface area contributed by atoms with Crippen LogP contribution in [0.5, 0.6) is 0 Å². The number of anilines is 1. The predicted molar refractivity (Wildman–Crippen MR) is 92.9 cm³/mol. The summed E-state index contributed by atoms with van der Waals surface area (Å²) in [6.45, 7) is 1.10. The summed E-state index contributed by atoms with van der Waals surface area (Å²) in [4.78, 5) is 37.2. The fourth-order valence-electron chi connectivity index (χ4n) is 3.41. The van der Waals surface area contributed by atoms with Crippen molar-refractivity contribution in [1.29, 1.82) is 0 Å². The highest BCUT2D eigenvalue weighted by Crippen LogP contribution is 2.26. The SMILES string of the molecule is O=C(NCc1ccc(N2CCCC2=O)cc1)[C@H]1CC=CC[C@H]1C(=O)O. The number of carboxylic acid groups (broad SMARTS) is 1. The minimum Gasteiger partial charge on any atom is -0.481 e. The number of rotatable bonds is 5. The monoisotopic (exact) mass is 342 g/mol. The average molecular weight is 342 g/mol. The molecule has 0 bridgehead atoms. The Labute approximate surface area is 146 Å². The van der Waals surface area contributed by atoms with Crippen LogP contribution >= 0.6 is 0 Å². The summed E-state index contributed by atoms with van der Waals surface area (Å²) in [6.07, 6.45) is 6.02. The van der Waals surface area contributed by atoms with Gasteiger partial charge < -0.3 is 15.3 Å². The lowest BCUT2D eigenvalue weighted by Crippen LogP contribution is -2.38. The number of nitrogens with zero attached hydrogens (tertiary/aromatic N) is 1. The zero-order chi connectivity index (χ0) is 17.8. The third-order valence-electron chi connectivity index (χ3n) is 4.87. The molecular formula is C19H22N2O4. The van der Waals surface area contributed by atoms with Gasteiger partial charge in [-0.1, -0.05) is 24.3 Å². The van der Waals surface area contributed by atoms with Gasteiger partial charge >= 0.3 is 5.97 Å². The number of benzene rings is 1. The van der Waals surface area contributed by atoms with E-state index in [9.17, 15) is 19.5 Å². The van der Waals surface area contributed by atoms with E-state index in [1.165, 1.54) is 0 Å². The van der Waals surface area contributed by atoms with E-state index in [0.717, 1.165) is 24.2 Å². The Bertz CT molecular complexity index is 696. The highest BCUT2D eigenvalue weighted by atomic mass is 16.4. The van der Waals surface area contributed by atoms with E-state index in [4.69, 9.17) is 0 Å². The van der Waals surface area contributed by atoms with E-state index in [0.29, 0.717) is 25.8 Å². The Kier molecular flexibility index (Phi) is 5.16. The molecule has 2 aliphatic rings. The molecule has 3 rings (SSSR count). The van der Waals surface area contributed by atoms with Crippen LogP contribution in [0.2, 0.25) is 0 Å². The summed E-state index contributed by atoms with van der Waals surface area (Å²) >= 11 is 0. The van der Waals surface area contributed by atoms with Crippen LogP contribution in [-0.4, -0.2) is 29.4 Å². The normalized spacial score (nSPS) is 22.9. The number of aliphatic carboxylic acids is 1. The molecule has 0 saturated carbocycles. The lowest BCUT2D eigenvalue weighted by atomic mass is 9.82. The molecule has 132 valence electrons. The van der Waals surface area contributed by atoms with Gasteiger partial charge in [0.2, 0.25) is 11.8 Å². The second-order valence-corrected chi connectivity index (χ2v) is 6.53. The lowest BCUT2D eigenvalue weighted by molar-refractivity contribution is -0.147. The van der Waals surface area contributed by atoms with Crippen LogP contribution in [0.4, 0.5) is 5.69 Å². The van der Waals surface area contributed by atoms with Crippen LogP contribution in [0.25, 0.3) is 0 Å². The summed E-state index contributed by atoms with van der Waals surface area (Å²) in [7, 11) is 0. The van der Waals surface area contributed by atoms with E-state index < -0.39 is 17.8 Å². The Morgan fingerprint density at radius 1 is 1.12 bits per heavy atom. The zero-order valence-electron chi connectivity index (χ0n) is 14.0. The maximum Gasteiger partial charge on any atom is 0.307 e. The molecule has 6 heteroatoms. The standard InChI is InChI=1S/C19H22N2O4/c22-17-6-3-11-21(17)14-9-7-13(8-10-14)12-20-18(23)15-4-1-2-5-16(15)19(24)25/h1-2,7-10,15-16H,3-6,11-12H2,(H,20,23)(H,24,25)/t15-,16+/m0/s1. The van der Waals surface area contributed by atoms with Gasteiger partial charge in [-0.15, -0.1) is 0 Å². The predicted octanol–water partition coefficient (Wildman–Crippen LogP) is 2.10. The van der Waals surface area contributed by atoms with Crippen molar-refractivity contribution in [2.45, 2.75) is 32.2 Å². The first kappa shape index (κ1) is 17.2. The van der Waals surface area contributed by atoms with Gasteiger partial charge in [-0.2, -0.15) is 0 Å². The summed E-state index contributed by atoms with van der Waals surface area (Å²) in [6, 6.07) is 7.54. The van der Waals surface area contributed by atoms with Crippen LogP contribution < -0.4 is 10.2 Å². The molecule has 6 nitrogen and oxygen atoms in total. The van der Waals surface area contributed by atoms with E-state index in [1.807, 2.05) is 36.4 Å². The maximum atomic E-state index is 12.3. The number of hydrogen-bond acceptors (Lipinski definition) is 3. The Balaban J connectivity index is 1.57. The molecule has 1 fully saturated rings. The minimum absolute atomic E-state index is 0.145. The van der Waals surface area contributed by atoms with Crippen molar-refractivity contribution in [3.8, 4) is 0 Å². The highest BCUT2D eigenvalue weighted by Gasteiger charge is 2.33. The van der Waals surface area contributed by atoms with Gasteiger partial charge in [-0.05, 0) is 37.0 Å². The molecule has 0 radical (unpaired) electrons. The molecule has 1 aromatic rings. The van der Waals surface area contributed by atoms with Crippen LogP contribution in [-0.2, 0) is 20.9 Å². The third kappa shape index (κ3) is 3.90. The Morgan fingerprint density at radius 3 is 2.40 bits per heavy atom. The summed E-state index contributed by atoms with van der Waals surface area (Å²) in [5, 5.41) is 12.1. The number of carbonyl (C=O) groups is 3. The van der Waals surface area contributed by atoms with Crippen LogP contribution in [0, 0.1) is 11.8 Å². The summed E-state index contributed by atoms with van der Waals surface area (Å²) < 4.78 is 0. The number of carboxylic acids is 1. The van der Waals surface area contributed by atoms with E-state index in [-0.39, 0.29) is 11.8 Å². The van der Waals surface area contributed by atoms with Gasteiger partial charge in [0.05, 0.1) is 11.8 Å². The van der Waals surface area contributed by atoms with E-state index in [1.54, 1.807) is 4.90 Å². The van der Waals surface area contributed by atoms with Gasteiger partial charge in [-0.3, -0.25) is 14.4 Å². The number of carbonyl (C=O) groups excluding carboxylic acids is 2. The van der Waals surface area contributed by atoms with Crippen molar-refractivity contribution < 1.29 is 19.5 Å². The van der Waals surface area contributed by atoms with Gasteiger partial charge in [0, 0.05) is 25.2 Å². The third-order valence-corrected chi connectivity index (χ3v) is 4.87. The zero-order valence-corrected chi connectivity index (χ0v) is 14.0. The van der Waals surface area contributed by atoms with Gasteiger partial charge in [-0.25, -0.2) is 0 Å². The molecule has 0 spiro atoms. The molecule has 1 aliphatic carbocycles. The fraction of sp³-hybridized carbons (Fsp3) is 0.421. The Hall–Kier alpha value is -2.63. The van der Waals surface area contributed by atoms with Crippen LogP contribution in [0.3, 0.4) is 0 Å². The van der Waals surface area contributed by atoms with Crippen molar-refractivity contribution in [3.63, 3.8) is 0 Å². The minimum atomic E-state index is -0.927. The first-order chi connectivity index (χ1) is 12.1. The molecule has 2 amide bonds. The first-order valence-corrected chi connectivity index (χ1v) is 8.61. The van der Waals surface area contributed by atoms with Crippen LogP contribution in [0.15, 0.2) is 36.4 Å². The molecule has 1 heterocycles. The van der Waals surface area contributed by atoms with Crippen molar-refractivity contribution in [2.24, 2.45) is 11.8 Å². The molecule has 2 N–H and O–H groups in total. The second-order valence-electron chi connectivity index (χ2n) is 6.53. The highest BCUT2D eigenvalue weighted by molar-refractivity contribution is 5.95.